The predicted molar refractivity (Wildman–Crippen MR) is 92.4 cm³/mol. The van der Waals surface area contributed by atoms with Gasteiger partial charge in [0.2, 0.25) is 5.95 Å². The van der Waals surface area contributed by atoms with Gasteiger partial charge in [0.15, 0.2) is 0 Å². The van der Waals surface area contributed by atoms with Crippen LogP contribution < -0.4 is 10.6 Å². The molecule has 0 unspecified atom stereocenters. The van der Waals surface area contributed by atoms with Crippen molar-refractivity contribution in [1.29, 1.82) is 0 Å². The van der Waals surface area contributed by atoms with E-state index in [1.807, 2.05) is 48.7 Å². The summed E-state index contributed by atoms with van der Waals surface area (Å²) in [6, 6.07) is 13.5. The highest BCUT2D eigenvalue weighted by Crippen LogP contribution is 2.16. The lowest BCUT2D eigenvalue weighted by Gasteiger charge is -2.09. The zero-order valence-corrected chi connectivity index (χ0v) is 13.2. The van der Waals surface area contributed by atoms with Crippen molar-refractivity contribution in [3.63, 3.8) is 0 Å². The van der Waals surface area contributed by atoms with E-state index in [-0.39, 0.29) is 0 Å². The lowest BCUT2D eigenvalue weighted by molar-refractivity contribution is 1.03. The van der Waals surface area contributed by atoms with Crippen LogP contribution in [0.5, 0.6) is 0 Å². The summed E-state index contributed by atoms with van der Waals surface area (Å²) in [4.78, 5) is 12.7. The predicted octanol–water partition coefficient (Wildman–Crippen LogP) is 3.75. The maximum Gasteiger partial charge on any atom is 0.224 e. The molecule has 0 fully saturated rings. The summed E-state index contributed by atoms with van der Waals surface area (Å²) in [6.07, 6.45) is 5.28. The van der Waals surface area contributed by atoms with Gasteiger partial charge in [0.05, 0.1) is 0 Å². The molecule has 3 aromatic rings. The topological polar surface area (TPSA) is 62.7 Å². The molecule has 1 aromatic carbocycles. The van der Waals surface area contributed by atoms with E-state index in [0.717, 1.165) is 22.0 Å². The molecule has 116 valence electrons. The number of pyridine rings is 1. The Hall–Kier alpha value is -2.66. The second-order valence-electron chi connectivity index (χ2n) is 4.93. The highest BCUT2D eigenvalue weighted by Gasteiger charge is 2.02. The molecule has 0 aliphatic heterocycles. The first-order chi connectivity index (χ1) is 11.3. The molecule has 0 bridgehead atoms. The van der Waals surface area contributed by atoms with E-state index < -0.39 is 0 Å². The Morgan fingerprint density at radius 2 is 1.83 bits per heavy atom. The number of rotatable bonds is 6. The van der Waals surface area contributed by atoms with Crippen LogP contribution in [-0.2, 0) is 13.1 Å². The fourth-order valence-corrected chi connectivity index (χ4v) is 2.26. The Morgan fingerprint density at radius 3 is 2.65 bits per heavy atom. The van der Waals surface area contributed by atoms with E-state index in [4.69, 9.17) is 11.6 Å². The zero-order chi connectivity index (χ0) is 15.9. The van der Waals surface area contributed by atoms with Crippen molar-refractivity contribution < 1.29 is 0 Å². The Balaban J connectivity index is 1.60. The second kappa shape index (κ2) is 7.56. The van der Waals surface area contributed by atoms with E-state index in [1.54, 1.807) is 12.4 Å². The van der Waals surface area contributed by atoms with E-state index in [0.29, 0.717) is 19.0 Å². The SMILES string of the molecule is Clc1ccccc1CNc1ccnc(NCc2cccnc2)n1. The molecule has 0 saturated carbocycles. The minimum Gasteiger partial charge on any atom is -0.366 e. The molecule has 6 heteroatoms. The van der Waals surface area contributed by atoms with Gasteiger partial charge >= 0.3 is 0 Å². The summed E-state index contributed by atoms with van der Waals surface area (Å²) < 4.78 is 0. The largest absolute Gasteiger partial charge is 0.366 e. The molecule has 0 spiro atoms. The molecule has 3 rings (SSSR count). The third-order valence-electron chi connectivity index (χ3n) is 3.25. The maximum absolute atomic E-state index is 6.15. The van der Waals surface area contributed by atoms with Gasteiger partial charge in [-0.15, -0.1) is 0 Å². The van der Waals surface area contributed by atoms with Crippen LogP contribution in [0.3, 0.4) is 0 Å². The first-order valence-corrected chi connectivity index (χ1v) is 7.62. The molecule has 2 heterocycles. The summed E-state index contributed by atoms with van der Waals surface area (Å²) in [6.45, 7) is 1.24. The molecule has 0 aliphatic carbocycles. The van der Waals surface area contributed by atoms with Gasteiger partial charge in [0.25, 0.3) is 0 Å². The molecule has 0 atom stereocenters. The number of hydrogen-bond acceptors (Lipinski definition) is 5. The smallest absolute Gasteiger partial charge is 0.224 e. The molecule has 2 aromatic heterocycles. The van der Waals surface area contributed by atoms with Crippen molar-refractivity contribution in [3.05, 3.63) is 77.2 Å². The zero-order valence-electron chi connectivity index (χ0n) is 12.4. The Kier molecular flexibility index (Phi) is 5.01. The van der Waals surface area contributed by atoms with Crippen LogP contribution >= 0.6 is 11.6 Å². The van der Waals surface area contributed by atoms with Crippen molar-refractivity contribution in [2.75, 3.05) is 10.6 Å². The van der Waals surface area contributed by atoms with Gasteiger partial charge in [-0.1, -0.05) is 35.9 Å². The Labute approximate surface area is 139 Å². The van der Waals surface area contributed by atoms with Crippen LogP contribution in [0.1, 0.15) is 11.1 Å². The van der Waals surface area contributed by atoms with Crippen LogP contribution in [0.25, 0.3) is 0 Å². The molecule has 23 heavy (non-hydrogen) atoms. The van der Waals surface area contributed by atoms with Crippen molar-refractivity contribution >= 4 is 23.4 Å². The normalized spacial score (nSPS) is 10.3. The van der Waals surface area contributed by atoms with Crippen LogP contribution in [0.4, 0.5) is 11.8 Å². The highest BCUT2D eigenvalue weighted by atomic mass is 35.5. The average Bonchev–Trinajstić information content (AvgIpc) is 2.61. The maximum atomic E-state index is 6.15. The quantitative estimate of drug-likeness (QED) is 0.722. The molecule has 2 N–H and O–H groups in total. The van der Waals surface area contributed by atoms with Crippen LogP contribution in [0.15, 0.2) is 61.1 Å². The van der Waals surface area contributed by atoms with Gasteiger partial charge in [-0.2, -0.15) is 4.98 Å². The number of aromatic nitrogens is 3. The lowest BCUT2D eigenvalue weighted by atomic mass is 10.2. The van der Waals surface area contributed by atoms with Crippen LogP contribution in [0.2, 0.25) is 5.02 Å². The third-order valence-corrected chi connectivity index (χ3v) is 3.62. The summed E-state index contributed by atoms with van der Waals surface area (Å²) in [5.41, 5.74) is 2.10. The van der Waals surface area contributed by atoms with Crippen molar-refractivity contribution in [2.24, 2.45) is 0 Å². The number of nitrogens with zero attached hydrogens (tertiary/aromatic N) is 3. The Morgan fingerprint density at radius 1 is 0.913 bits per heavy atom. The number of benzene rings is 1. The van der Waals surface area contributed by atoms with E-state index in [1.165, 1.54) is 0 Å². The Bertz CT molecular complexity index is 764. The minimum atomic E-state index is 0.568. The van der Waals surface area contributed by atoms with E-state index in [2.05, 4.69) is 25.6 Å². The number of halogens is 1. The van der Waals surface area contributed by atoms with Gasteiger partial charge in [-0.3, -0.25) is 4.98 Å². The number of nitrogens with one attached hydrogen (secondary N) is 2. The monoisotopic (exact) mass is 325 g/mol. The number of hydrogen-bond donors (Lipinski definition) is 2. The average molecular weight is 326 g/mol. The lowest BCUT2D eigenvalue weighted by Crippen LogP contribution is -2.07. The van der Waals surface area contributed by atoms with Gasteiger partial charge in [0.1, 0.15) is 5.82 Å². The number of anilines is 2. The summed E-state index contributed by atoms with van der Waals surface area (Å²) in [7, 11) is 0. The summed E-state index contributed by atoms with van der Waals surface area (Å²) in [5, 5.41) is 7.17. The van der Waals surface area contributed by atoms with Gasteiger partial charge in [-0.05, 0) is 29.3 Å². The van der Waals surface area contributed by atoms with Crippen molar-refractivity contribution in [2.45, 2.75) is 13.1 Å². The fourth-order valence-electron chi connectivity index (χ4n) is 2.05. The van der Waals surface area contributed by atoms with E-state index >= 15 is 0 Å². The summed E-state index contributed by atoms with van der Waals surface area (Å²) >= 11 is 6.15. The van der Waals surface area contributed by atoms with Gasteiger partial charge in [-0.25, -0.2) is 4.98 Å². The molecule has 0 radical (unpaired) electrons. The first kappa shape index (κ1) is 15.2. The standard InChI is InChI=1S/C17H16ClN5/c18-15-6-2-1-5-14(15)12-21-16-7-9-20-17(23-16)22-11-13-4-3-8-19-10-13/h1-10H,11-12H2,(H2,20,21,22,23). The molecule has 0 saturated heterocycles. The first-order valence-electron chi connectivity index (χ1n) is 7.24. The molecule has 0 amide bonds. The van der Waals surface area contributed by atoms with Crippen LogP contribution in [-0.4, -0.2) is 15.0 Å². The summed E-state index contributed by atoms with van der Waals surface area (Å²) in [5.74, 6) is 1.31. The molecular formula is C17H16ClN5. The van der Waals surface area contributed by atoms with Crippen molar-refractivity contribution in [1.82, 2.24) is 15.0 Å². The third kappa shape index (κ3) is 4.40. The molecular weight excluding hydrogens is 310 g/mol. The van der Waals surface area contributed by atoms with Gasteiger partial charge < -0.3 is 10.6 Å². The minimum absolute atomic E-state index is 0.568. The van der Waals surface area contributed by atoms with Crippen LogP contribution in [0, 0.1) is 0 Å². The van der Waals surface area contributed by atoms with Crippen molar-refractivity contribution in [3.8, 4) is 0 Å². The molecule has 0 aliphatic rings. The van der Waals surface area contributed by atoms with Gasteiger partial charge in [0, 0.05) is 36.7 Å². The highest BCUT2D eigenvalue weighted by molar-refractivity contribution is 6.31. The second-order valence-corrected chi connectivity index (χ2v) is 5.33. The molecule has 5 nitrogen and oxygen atoms in total. The van der Waals surface area contributed by atoms with E-state index in [9.17, 15) is 0 Å². The fraction of sp³-hybridized carbons (Fsp3) is 0.118.